The number of benzene rings is 2. The SMILES string of the molecule is N#C/C(=C/c1cccc(O)c1)c1ccccc1. The number of allylic oxidation sites excluding steroid dienone is 1. The molecule has 0 aliphatic rings. The van der Waals surface area contributed by atoms with E-state index in [0.717, 1.165) is 11.1 Å². The molecule has 0 aliphatic heterocycles. The van der Waals surface area contributed by atoms with E-state index in [9.17, 15) is 5.11 Å². The molecule has 0 atom stereocenters. The lowest BCUT2D eigenvalue weighted by atomic mass is 10.0. The van der Waals surface area contributed by atoms with Gasteiger partial charge in [0.2, 0.25) is 0 Å². The van der Waals surface area contributed by atoms with Gasteiger partial charge in [-0.05, 0) is 29.3 Å². The van der Waals surface area contributed by atoms with Crippen molar-refractivity contribution < 1.29 is 5.11 Å². The first-order valence-corrected chi connectivity index (χ1v) is 5.26. The molecular formula is C15H11NO. The number of phenols is 1. The topological polar surface area (TPSA) is 44.0 Å². The fourth-order valence-electron chi connectivity index (χ4n) is 1.58. The molecule has 2 aromatic carbocycles. The average Bonchev–Trinajstić information content (AvgIpc) is 2.37. The van der Waals surface area contributed by atoms with Gasteiger partial charge in [0.1, 0.15) is 5.75 Å². The van der Waals surface area contributed by atoms with E-state index < -0.39 is 0 Å². The largest absolute Gasteiger partial charge is 0.508 e. The van der Waals surface area contributed by atoms with Gasteiger partial charge in [0, 0.05) is 0 Å². The number of nitriles is 1. The minimum absolute atomic E-state index is 0.198. The second kappa shape index (κ2) is 5.00. The van der Waals surface area contributed by atoms with Crippen LogP contribution in [0.2, 0.25) is 0 Å². The van der Waals surface area contributed by atoms with Crippen LogP contribution < -0.4 is 0 Å². The molecule has 2 nitrogen and oxygen atoms in total. The number of aromatic hydroxyl groups is 1. The van der Waals surface area contributed by atoms with Crippen LogP contribution in [0.5, 0.6) is 5.75 Å². The van der Waals surface area contributed by atoms with Crippen molar-refractivity contribution in [3.63, 3.8) is 0 Å². The zero-order valence-corrected chi connectivity index (χ0v) is 9.17. The van der Waals surface area contributed by atoms with Gasteiger partial charge in [-0.2, -0.15) is 5.26 Å². The summed E-state index contributed by atoms with van der Waals surface area (Å²) in [6.45, 7) is 0. The Morgan fingerprint density at radius 3 is 2.47 bits per heavy atom. The lowest BCUT2D eigenvalue weighted by Gasteiger charge is -1.99. The Bertz CT molecular complexity index is 579. The molecular weight excluding hydrogens is 210 g/mol. The van der Waals surface area contributed by atoms with Gasteiger partial charge < -0.3 is 5.11 Å². The Morgan fingerprint density at radius 1 is 1.06 bits per heavy atom. The van der Waals surface area contributed by atoms with Crippen LogP contribution in [0.1, 0.15) is 11.1 Å². The average molecular weight is 221 g/mol. The lowest BCUT2D eigenvalue weighted by molar-refractivity contribution is 0.475. The molecule has 82 valence electrons. The summed E-state index contributed by atoms with van der Waals surface area (Å²) in [6, 6.07) is 18.5. The van der Waals surface area contributed by atoms with Crippen LogP contribution in [0.4, 0.5) is 0 Å². The van der Waals surface area contributed by atoms with Crippen LogP contribution in [0, 0.1) is 11.3 Å². The zero-order valence-electron chi connectivity index (χ0n) is 9.17. The third-order valence-corrected chi connectivity index (χ3v) is 2.39. The van der Waals surface area contributed by atoms with E-state index in [0.29, 0.717) is 5.57 Å². The van der Waals surface area contributed by atoms with Crippen molar-refractivity contribution >= 4 is 11.6 Å². The Morgan fingerprint density at radius 2 is 1.82 bits per heavy atom. The van der Waals surface area contributed by atoms with Crippen molar-refractivity contribution in [3.8, 4) is 11.8 Å². The molecule has 0 aliphatic carbocycles. The van der Waals surface area contributed by atoms with Crippen LogP contribution >= 0.6 is 0 Å². The van der Waals surface area contributed by atoms with E-state index in [4.69, 9.17) is 5.26 Å². The minimum atomic E-state index is 0.198. The van der Waals surface area contributed by atoms with Crippen molar-refractivity contribution in [1.82, 2.24) is 0 Å². The molecule has 17 heavy (non-hydrogen) atoms. The molecule has 0 spiro atoms. The smallest absolute Gasteiger partial charge is 0.116 e. The molecule has 1 N–H and O–H groups in total. The first-order valence-electron chi connectivity index (χ1n) is 5.26. The summed E-state index contributed by atoms with van der Waals surface area (Å²) < 4.78 is 0. The fraction of sp³-hybridized carbons (Fsp3) is 0. The Labute approximate surface area is 100 Å². The molecule has 0 bridgehead atoms. The van der Waals surface area contributed by atoms with Gasteiger partial charge >= 0.3 is 0 Å². The molecule has 0 radical (unpaired) electrons. The molecule has 0 aromatic heterocycles. The highest BCUT2D eigenvalue weighted by molar-refractivity contribution is 5.89. The lowest BCUT2D eigenvalue weighted by Crippen LogP contribution is -1.81. The summed E-state index contributed by atoms with van der Waals surface area (Å²) in [7, 11) is 0. The molecule has 0 saturated heterocycles. The maximum Gasteiger partial charge on any atom is 0.116 e. The van der Waals surface area contributed by atoms with E-state index in [-0.39, 0.29) is 5.75 Å². The van der Waals surface area contributed by atoms with Gasteiger partial charge in [-0.15, -0.1) is 0 Å². The first-order chi connectivity index (χ1) is 8.29. The summed E-state index contributed by atoms with van der Waals surface area (Å²) in [6.07, 6.45) is 1.76. The number of hydrogen-bond acceptors (Lipinski definition) is 2. The van der Waals surface area contributed by atoms with Gasteiger partial charge in [0.15, 0.2) is 0 Å². The predicted molar refractivity (Wildman–Crippen MR) is 68.0 cm³/mol. The van der Waals surface area contributed by atoms with Crippen molar-refractivity contribution in [2.24, 2.45) is 0 Å². The first kappa shape index (κ1) is 11.0. The molecule has 0 amide bonds. The number of rotatable bonds is 2. The van der Waals surface area contributed by atoms with Gasteiger partial charge in [0.05, 0.1) is 11.6 Å². The van der Waals surface area contributed by atoms with E-state index in [1.807, 2.05) is 36.4 Å². The molecule has 2 heteroatoms. The molecule has 2 rings (SSSR count). The van der Waals surface area contributed by atoms with E-state index in [1.54, 1.807) is 24.3 Å². The fourth-order valence-corrected chi connectivity index (χ4v) is 1.58. The Kier molecular flexibility index (Phi) is 3.23. The summed E-state index contributed by atoms with van der Waals surface area (Å²) >= 11 is 0. The summed E-state index contributed by atoms with van der Waals surface area (Å²) in [5.41, 5.74) is 2.26. The van der Waals surface area contributed by atoms with Crippen LogP contribution in [0.3, 0.4) is 0 Å². The zero-order chi connectivity index (χ0) is 12.1. The number of phenolic OH excluding ortho intramolecular Hbond substituents is 1. The minimum Gasteiger partial charge on any atom is -0.508 e. The normalized spacial score (nSPS) is 10.9. The third kappa shape index (κ3) is 2.73. The van der Waals surface area contributed by atoms with E-state index >= 15 is 0 Å². The van der Waals surface area contributed by atoms with Crippen molar-refractivity contribution in [2.45, 2.75) is 0 Å². The summed E-state index contributed by atoms with van der Waals surface area (Å²) in [4.78, 5) is 0. The van der Waals surface area contributed by atoms with Gasteiger partial charge in [-0.25, -0.2) is 0 Å². The second-order valence-corrected chi connectivity index (χ2v) is 3.63. The number of hydrogen-bond donors (Lipinski definition) is 1. The molecule has 2 aromatic rings. The summed E-state index contributed by atoms with van der Waals surface area (Å²) in [5.74, 6) is 0.198. The van der Waals surface area contributed by atoms with Gasteiger partial charge in [-0.3, -0.25) is 0 Å². The van der Waals surface area contributed by atoms with Crippen LogP contribution in [0.25, 0.3) is 11.6 Å². The monoisotopic (exact) mass is 221 g/mol. The van der Waals surface area contributed by atoms with Crippen molar-refractivity contribution in [3.05, 3.63) is 65.7 Å². The quantitative estimate of drug-likeness (QED) is 0.623. The van der Waals surface area contributed by atoms with Gasteiger partial charge in [0.25, 0.3) is 0 Å². The van der Waals surface area contributed by atoms with E-state index in [1.165, 1.54) is 0 Å². The number of nitrogens with zero attached hydrogens (tertiary/aromatic N) is 1. The molecule has 0 fully saturated rings. The van der Waals surface area contributed by atoms with Crippen LogP contribution in [-0.4, -0.2) is 5.11 Å². The standard InChI is InChI=1S/C15H11NO/c16-11-14(13-6-2-1-3-7-13)9-12-5-4-8-15(17)10-12/h1-10,17H/b14-9-. The summed E-state index contributed by atoms with van der Waals surface area (Å²) in [5, 5.41) is 18.5. The Balaban J connectivity index is 2.41. The maximum atomic E-state index is 9.36. The predicted octanol–water partition coefficient (Wildman–Crippen LogP) is 3.46. The second-order valence-electron chi connectivity index (χ2n) is 3.63. The maximum absolute atomic E-state index is 9.36. The Hall–Kier alpha value is -2.53. The van der Waals surface area contributed by atoms with Crippen molar-refractivity contribution in [1.29, 1.82) is 5.26 Å². The van der Waals surface area contributed by atoms with E-state index in [2.05, 4.69) is 6.07 Å². The molecule has 0 heterocycles. The van der Waals surface area contributed by atoms with Crippen molar-refractivity contribution in [2.75, 3.05) is 0 Å². The van der Waals surface area contributed by atoms with Gasteiger partial charge in [-0.1, -0.05) is 42.5 Å². The third-order valence-electron chi connectivity index (χ3n) is 2.39. The van der Waals surface area contributed by atoms with Crippen LogP contribution in [0.15, 0.2) is 54.6 Å². The van der Waals surface area contributed by atoms with Crippen LogP contribution in [-0.2, 0) is 0 Å². The highest BCUT2D eigenvalue weighted by Gasteiger charge is 2.00. The molecule has 0 unspecified atom stereocenters. The highest BCUT2D eigenvalue weighted by atomic mass is 16.3. The highest BCUT2D eigenvalue weighted by Crippen LogP contribution is 2.19. The molecule has 0 saturated carbocycles.